The van der Waals surface area contributed by atoms with E-state index < -0.39 is 11.4 Å². The van der Waals surface area contributed by atoms with E-state index in [-0.39, 0.29) is 5.56 Å². The van der Waals surface area contributed by atoms with E-state index in [4.69, 9.17) is 5.11 Å². The van der Waals surface area contributed by atoms with Crippen LogP contribution < -0.4 is 5.43 Å². The lowest BCUT2D eigenvalue weighted by Crippen LogP contribution is -2.17. The molecule has 2 heterocycles. The normalized spacial score (nSPS) is 10.9. The minimum absolute atomic E-state index is 0.160. The van der Waals surface area contributed by atoms with E-state index in [2.05, 4.69) is 0 Å². The number of fused-ring (bicyclic) bond motifs is 1. The van der Waals surface area contributed by atoms with Crippen molar-refractivity contribution in [2.45, 2.75) is 20.4 Å². The van der Waals surface area contributed by atoms with E-state index >= 15 is 0 Å². The Bertz CT molecular complexity index is 624. The average molecular weight is 237 g/mol. The van der Waals surface area contributed by atoms with Gasteiger partial charge in [0.2, 0.25) is 5.43 Å². The smallest absolute Gasteiger partial charge is 0.341 e. The Kier molecular flexibility index (Phi) is 2.55. The van der Waals surface area contributed by atoms with Gasteiger partial charge in [-0.3, -0.25) is 4.79 Å². The Balaban J connectivity index is 2.93. The van der Waals surface area contributed by atoms with E-state index in [1.165, 1.54) is 17.5 Å². The van der Waals surface area contributed by atoms with Crippen LogP contribution in [0, 0.1) is 6.92 Å². The van der Waals surface area contributed by atoms with Gasteiger partial charge in [-0.05, 0) is 19.9 Å². The van der Waals surface area contributed by atoms with Gasteiger partial charge < -0.3 is 9.67 Å². The highest BCUT2D eigenvalue weighted by atomic mass is 32.1. The minimum Gasteiger partial charge on any atom is -0.477 e. The highest BCUT2D eigenvalue weighted by molar-refractivity contribution is 7.18. The number of aryl methyl sites for hydroxylation is 2. The highest BCUT2D eigenvalue weighted by Gasteiger charge is 2.15. The zero-order chi connectivity index (χ0) is 11.9. The van der Waals surface area contributed by atoms with Crippen molar-refractivity contribution < 1.29 is 9.90 Å². The van der Waals surface area contributed by atoms with Crippen molar-refractivity contribution in [2.75, 3.05) is 0 Å². The number of hydrogen-bond donors (Lipinski definition) is 1. The van der Waals surface area contributed by atoms with Crippen molar-refractivity contribution in [3.05, 3.63) is 32.9 Å². The molecule has 0 saturated carbocycles. The predicted octanol–water partition coefficient (Wildman–Crippen LogP) is 2.09. The molecule has 5 heteroatoms. The molecule has 0 unspecified atom stereocenters. The van der Waals surface area contributed by atoms with Crippen molar-refractivity contribution in [3.63, 3.8) is 0 Å². The van der Waals surface area contributed by atoms with Gasteiger partial charge in [-0.1, -0.05) is 0 Å². The standard InChI is InChI=1S/C11H11NO3S/c1-3-12-5-8(11(14)15)9(13)7-4-6(2)16-10(7)12/h4-5H,3H2,1-2H3,(H,14,15). The van der Waals surface area contributed by atoms with Crippen LogP contribution in [0.2, 0.25) is 0 Å². The van der Waals surface area contributed by atoms with Crippen LogP contribution in [0.1, 0.15) is 22.2 Å². The number of aromatic nitrogens is 1. The number of carboxylic acid groups (broad SMARTS) is 1. The fourth-order valence-corrected chi connectivity index (χ4v) is 2.73. The first-order valence-electron chi connectivity index (χ1n) is 4.91. The molecule has 2 rings (SSSR count). The summed E-state index contributed by atoms with van der Waals surface area (Å²) in [7, 11) is 0. The number of thiophene rings is 1. The van der Waals surface area contributed by atoms with Crippen LogP contribution in [0.15, 0.2) is 17.1 Å². The van der Waals surface area contributed by atoms with Crippen molar-refractivity contribution in [1.29, 1.82) is 0 Å². The molecule has 16 heavy (non-hydrogen) atoms. The lowest BCUT2D eigenvalue weighted by atomic mass is 10.2. The molecule has 0 atom stereocenters. The second-order valence-electron chi connectivity index (χ2n) is 3.54. The molecule has 0 amide bonds. The molecule has 0 bridgehead atoms. The fourth-order valence-electron chi connectivity index (χ4n) is 1.68. The third-order valence-corrected chi connectivity index (χ3v) is 3.53. The number of rotatable bonds is 2. The largest absolute Gasteiger partial charge is 0.477 e. The maximum Gasteiger partial charge on any atom is 0.341 e. The number of pyridine rings is 1. The number of carbonyl (C=O) groups is 1. The molecule has 0 aliphatic carbocycles. The van der Waals surface area contributed by atoms with Crippen LogP contribution in [-0.4, -0.2) is 15.6 Å². The lowest BCUT2D eigenvalue weighted by Gasteiger charge is -2.05. The Morgan fingerprint density at radius 2 is 2.25 bits per heavy atom. The Hall–Kier alpha value is -1.62. The van der Waals surface area contributed by atoms with Crippen LogP contribution >= 0.6 is 11.3 Å². The molecular formula is C11H11NO3S. The quantitative estimate of drug-likeness (QED) is 0.870. The fraction of sp³-hybridized carbons (Fsp3) is 0.273. The molecular weight excluding hydrogens is 226 g/mol. The van der Waals surface area contributed by atoms with E-state index in [1.807, 2.05) is 13.8 Å². The summed E-state index contributed by atoms with van der Waals surface area (Å²) in [5.41, 5.74) is -0.552. The summed E-state index contributed by atoms with van der Waals surface area (Å²) in [6.07, 6.45) is 1.42. The van der Waals surface area contributed by atoms with E-state index in [1.54, 1.807) is 10.6 Å². The molecule has 0 aromatic carbocycles. The SMILES string of the molecule is CCn1cc(C(=O)O)c(=O)c2cc(C)sc21. The van der Waals surface area contributed by atoms with E-state index in [0.29, 0.717) is 11.9 Å². The first-order valence-corrected chi connectivity index (χ1v) is 5.73. The number of nitrogens with zero attached hydrogens (tertiary/aromatic N) is 1. The first-order chi connectivity index (χ1) is 7.54. The van der Waals surface area contributed by atoms with Crippen molar-refractivity contribution in [1.82, 2.24) is 4.57 Å². The van der Waals surface area contributed by atoms with E-state index in [0.717, 1.165) is 9.71 Å². The molecule has 0 spiro atoms. The molecule has 1 N–H and O–H groups in total. The predicted molar refractivity (Wildman–Crippen MR) is 63.5 cm³/mol. The van der Waals surface area contributed by atoms with Gasteiger partial charge in [0, 0.05) is 17.6 Å². The van der Waals surface area contributed by atoms with Gasteiger partial charge >= 0.3 is 5.97 Å². The Labute approximate surface area is 95.8 Å². The topological polar surface area (TPSA) is 59.3 Å². The summed E-state index contributed by atoms with van der Waals surface area (Å²) in [5.74, 6) is -1.17. The summed E-state index contributed by atoms with van der Waals surface area (Å²) in [6, 6.07) is 1.75. The zero-order valence-corrected chi connectivity index (χ0v) is 9.80. The Morgan fingerprint density at radius 1 is 1.56 bits per heavy atom. The molecule has 0 aliphatic heterocycles. The number of aromatic carboxylic acids is 1. The first kappa shape index (κ1) is 10.9. The Morgan fingerprint density at radius 3 is 2.81 bits per heavy atom. The molecule has 2 aromatic heterocycles. The second-order valence-corrected chi connectivity index (χ2v) is 4.77. The molecule has 84 valence electrons. The van der Waals surface area contributed by atoms with E-state index in [9.17, 15) is 9.59 Å². The third kappa shape index (κ3) is 1.53. The molecule has 4 nitrogen and oxygen atoms in total. The summed E-state index contributed by atoms with van der Waals surface area (Å²) < 4.78 is 1.80. The zero-order valence-electron chi connectivity index (χ0n) is 8.98. The van der Waals surface area contributed by atoms with Crippen molar-refractivity contribution >= 4 is 27.5 Å². The minimum atomic E-state index is -1.17. The summed E-state index contributed by atoms with van der Waals surface area (Å²) in [6.45, 7) is 4.48. The van der Waals surface area contributed by atoms with Crippen LogP contribution in [0.4, 0.5) is 0 Å². The maximum absolute atomic E-state index is 11.9. The number of carboxylic acids is 1. The van der Waals surface area contributed by atoms with Gasteiger partial charge in [-0.2, -0.15) is 0 Å². The molecule has 0 aliphatic rings. The van der Waals surface area contributed by atoms with Gasteiger partial charge in [0.25, 0.3) is 0 Å². The number of hydrogen-bond acceptors (Lipinski definition) is 3. The van der Waals surface area contributed by atoms with Gasteiger partial charge in [0.05, 0.1) is 5.39 Å². The molecule has 0 saturated heterocycles. The van der Waals surface area contributed by atoms with Gasteiger partial charge in [-0.25, -0.2) is 4.79 Å². The van der Waals surface area contributed by atoms with Crippen molar-refractivity contribution in [3.8, 4) is 0 Å². The van der Waals surface area contributed by atoms with Gasteiger partial charge in [0.1, 0.15) is 10.4 Å². The van der Waals surface area contributed by atoms with Gasteiger partial charge in [0.15, 0.2) is 0 Å². The second kappa shape index (κ2) is 3.75. The summed E-state index contributed by atoms with van der Waals surface area (Å²) >= 11 is 1.51. The van der Waals surface area contributed by atoms with Gasteiger partial charge in [-0.15, -0.1) is 11.3 Å². The van der Waals surface area contributed by atoms with Crippen LogP contribution in [0.25, 0.3) is 10.2 Å². The summed E-state index contributed by atoms with van der Waals surface area (Å²) in [5, 5.41) is 9.45. The lowest BCUT2D eigenvalue weighted by molar-refractivity contribution is 0.0695. The van der Waals surface area contributed by atoms with Crippen LogP contribution in [0.5, 0.6) is 0 Å². The van der Waals surface area contributed by atoms with Crippen LogP contribution in [-0.2, 0) is 6.54 Å². The molecule has 2 aromatic rings. The average Bonchev–Trinajstić information content (AvgIpc) is 2.60. The molecule has 0 radical (unpaired) electrons. The molecule has 0 fully saturated rings. The van der Waals surface area contributed by atoms with Crippen molar-refractivity contribution in [2.24, 2.45) is 0 Å². The highest BCUT2D eigenvalue weighted by Crippen LogP contribution is 2.23. The maximum atomic E-state index is 11.9. The third-order valence-electron chi connectivity index (χ3n) is 2.44. The summed E-state index contributed by atoms with van der Waals surface area (Å²) in [4.78, 5) is 24.6. The van der Waals surface area contributed by atoms with Crippen LogP contribution in [0.3, 0.4) is 0 Å². The monoisotopic (exact) mass is 237 g/mol.